The third-order valence-electron chi connectivity index (χ3n) is 4.13. The molecule has 1 aliphatic carbocycles. The van der Waals surface area contributed by atoms with E-state index in [0.29, 0.717) is 17.0 Å². The Balaban J connectivity index is 1.90. The first-order chi connectivity index (χ1) is 10.5. The van der Waals surface area contributed by atoms with Gasteiger partial charge in [-0.15, -0.1) is 0 Å². The van der Waals surface area contributed by atoms with Gasteiger partial charge >= 0.3 is 0 Å². The summed E-state index contributed by atoms with van der Waals surface area (Å²) in [5.74, 6) is 0.544. The zero-order chi connectivity index (χ0) is 15.9. The van der Waals surface area contributed by atoms with Crippen molar-refractivity contribution < 1.29 is 4.79 Å². The van der Waals surface area contributed by atoms with Crippen molar-refractivity contribution in [2.75, 3.05) is 20.6 Å². The molecule has 0 bridgehead atoms. The number of nitrogens with one attached hydrogen (secondary N) is 1. The van der Waals surface area contributed by atoms with Crippen molar-refractivity contribution in [2.45, 2.75) is 31.7 Å². The molecule has 1 amide bonds. The summed E-state index contributed by atoms with van der Waals surface area (Å²) in [6.45, 7) is 1.03. The molecule has 0 aliphatic heterocycles. The van der Waals surface area contributed by atoms with Gasteiger partial charge in [0.2, 0.25) is 5.91 Å². The van der Waals surface area contributed by atoms with Gasteiger partial charge in [0.15, 0.2) is 0 Å². The molecule has 0 spiro atoms. The minimum Gasteiger partial charge on any atom is -0.349 e. The number of rotatable bonds is 5. The summed E-state index contributed by atoms with van der Waals surface area (Å²) in [4.78, 5) is 14.4. The monoisotopic (exact) mass is 320 g/mol. The minimum absolute atomic E-state index is 0.00870. The SMILES string of the molecule is CN(C)CC1CCCCC1NC(=O)/C=C/c1ccc(Cl)cc1. The van der Waals surface area contributed by atoms with Gasteiger partial charge in [-0.2, -0.15) is 0 Å². The summed E-state index contributed by atoms with van der Waals surface area (Å²) in [6.07, 6.45) is 8.20. The van der Waals surface area contributed by atoms with E-state index < -0.39 is 0 Å². The number of hydrogen-bond donors (Lipinski definition) is 1. The van der Waals surface area contributed by atoms with E-state index in [0.717, 1.165) is 18.5 Å². The van der Waals surface area contributed by atoms with Gasteiger partial charge < -0.3 is 10.2 Å². The average molecular weight is 321 g/mol. The first-order valence-corrected chi connectivity index (χ1v) is 8.31. The molecule has 1 saturated carbocycles. The summed E-state index contributed by atoms with van der Waals surface area (Å²) in [5, 5.41) is 3.88. The Morgan fingerprint density at radius 1 is 1.27 bits per heavy atom. The van der Waals surface area contributed by atoms with Crippen molar-refractivity contribution >= 4 is 23.6 Å². The van der Waals surface area contributed by atoms with Crippen molar-refractivity contribution in [1.29, 1.82) is 0 Å². The van der Waals surface area contributed by atoms with Crippen LogP contribution in [-0.4, -0.2) is 37.5 Å². The second-order valence-electron chi connectivity index (χ2n) is 6.31. The van der Waals surface area contributed by atoms with E-state index in [1.807, 2.05) is 30.3 Å². The highest BCUT2D eigenvalue weighted by molar-refractivity contribution is 6.30. The molecular weight excluding hydrogens is 296 g/mol. The summed E-state index contributed by atoms with van der Waals surface area (Å²) >= 11 is 5.85. The van der Waals surface area contributed by atoms with Gasteiger partial charge in [-0.25, -0.2) is 0 Å². The summed E-state index contributed by atoms with van der Waals surface area (Å²) in [6, 6.07) is 7.75. The normalized spacial score (nSPS) is 22.2. The molecule has 2 unspecified atom stereocenters. The zero-order valence-electron chi connectivity index (χ0n) is 13.4. The molecule has 4 heteroatoms. The number of amides is 1. The summed E-state index contributed by atoms with van der Waals surface area (Å²) < 4.78 is 0. The van der Waals surface area contributed by atoms with Crippen LogP contribution < -0.4 is 5.32 Å². The van der Waals surface area contributed by atoms with Crippen LogP contribution in [0.2, 0.25) is 5.02 Å². The highest BCUT2D eigenvalue weighted by Crippen LogP contribution is 2.25. The van der Waals surface area contributed by atoms with Gasteiger partial charge in [0.1, 0.15) is 0 Å². The van der Waals surface area contributed by atoms with Crippen molar-refractivity contribution in [3.05, 3.63) is 40.9 Å². The van der Waals surface area contributed by atoms with Crippen LogP contribution in [-0.2, 0) is 4.79 Å². The number of carbonyl (C=O) groups is 1. The Morgan fingerprint density at radius 3 is 2.64 bits per heavy atom. The Morgan fingerprint density at radius 2 is 1.95 bits per heavy atom. The van der Waals surface area contributed by atoms with E-state index in [2.05, 4.69) is 24.3 Å². The van der Waals surface area contributed by atoms with Crippen LogP contribution in [0.5, 0.6) is 0 Å². The highest BCUT2D eigenvalue weighted by Gasteiger charge is 2.26. The first-order valence-electron chi connectivity index (χ1n) is 7.93. The average Bonchev–Trinajstić information content (AvgIpc) is 2.48. The molecule has 0 aromatic heterocycles. The van der Waals surface area contributed by atoms with Crippen LogP contribution in [0.15, 0.2) is 30.3 Å². The van der Waals surface area contributed by atoms with E-state index in [9.17, 15) is 4.79 Å². The lowest BCUT2D eigenvalue weighted by Gasteiger charge is -2.33. The van der Waals surface area contributed by atoms with Crippen molar-refractivity contribution in [3.63, 3.8) is 0 Å². The Hall–Kier alpha value is -1.32. The Bertz CT molecular complexity index is 510. The van der Waals surface area contributed by atoms with Crippen LogP contribution in [0, 0.1) is 5.92 Å². The Labute approximate surface area is 138 Å². The predicted molar refractivity (Wildman–Crippen MR) is 92.9 cm³/mol. The van der Waals surface area contributed by atoms with Gasteiger partial charge in [0.05, 0.1) is 0 Å². The van der Waals surface area contributed by atoms with Crippen LogP contribution >= 0.6 is 11.6 Å². The lowest BCUT2D eigenvalue weighted by molar-refractivity contribution is -0.117. The third-order valence-corrected chi connectivity index (χ3v) is 4.39. The summed E-state index contributed by atoms with van der Waals surface area (Å²) in [7, 11) is 4.18. The molecule has 120 valence electrons. The maximum atomic E-state index is 12.1. The predicted octanol–water partition coefficient (Wildman–Crippen LogP) is 3.59. The summed E-state index contributed by atoms with van der Waals surface area (Å²) in [5.41, 5.74) is 0.980. The molecule has 1 fully saturated rings. The number of nitrogens with zero attached hydrogens (tertiary/aromatic N) is 1. The fraction of sp³-hybridized carbons (Fsp3) is 0.500. The molecule has 0 radical (unpaired) electrons. The number of carbonyl (C=O) groups excluding carboxylic acids is 1. The van der Waals surface area contributed by atoms with Gasteiger partial charge in [-0.1, -0.05) is 36.6 Å². The topological polar surface area (TPSA) is 32.3 Å². The van der Waals surface area contributed by atoms with Crippen molar-refractivity contribution in [1.82, 2.24) is 10.2 Å². The lowest BCUT2D eigenvalue weighted by atomic mass is 9.84. The van der Waals surface area contributed by atoms with E-state index in [-0.39, 0.29) is 5.91 Å². The molecule has 2 atom stereocenters. The zero-order valence-corrected chi connectivity index (χ0v) is 14.1. The number of halogens is 1. The molecule has 1 N–H and O–H groups in total. The fourth-order valence-corrected chi connectivity index (χ4v) is 3.19. The molecule has 3 nitrogen and oxygen atoms in total. The van der Waals surface area contributed by atoms with E-state index in [1.54, 1.807) is 6.08 Å². The maximum Gasteiger partial charge on any atom is 0.244 e. The fourth-order valence-electron chi connectivity index (χ4n) is 3.06. The van der Waals surface area contributed by atoms with Gasteiger partial charge in [-0.05, 0) is 56.6 Å². The van der Waals surface area contributed by atoms with E-state index in [1.165, 1.54) is 19.3 Å². The van der Waals surface area contributed by atoms with E-state index >= 15 is 0 Å². The van der Waals surface area contributed by atoms with Gasteiger partial charge in [0.25, 0.3) is 0 Å². The second-order valence-corrected chi connectivity index (χ2v) is 6.74. The highest BCUT2D eigenvalue weighted by atomic mass is 35.5. The maximum absolute atomic E-state index is 12.1. The molecule has 1 aromatic rings. The first kappa shape index (κ1) is 17.0. The second kappa shape index (κ2) is 8.35. The molecule has 1 aromatic carbocycles. The van der Waals surface area contributed by atoms with Crippen LogP contribution in [0.3, 0.4) is 0 Å². The third kappa shape index (κ3) is 5.47. The van der Waals surface area contributed by atoms with E-state index in [4.69, 9.17) is 11.6 Å². The molecule has 22 heavy (non-hydrogen) atoms. The minimum atomic E-state index is -0.00870. The quantitative estimate of drug-likeness (QED) is 0.841. The van der Waals surface area contributed by atoms with Crippen LogP contribution in [0.25, 0.3) is 6.08 Å². The standard InChI is InChI=1S/C18H25ClN2O/c1-21(2)13-15-5-3-4-6-17(15)20-18(22)12-9-14-7-10-16(19)11-8-14/h7-12,15,17H,3-6,13H2,1-2H3,(H,20,22)/b12-9+. The van der Waals surface area contributed by atoms with Crippen LogP contribution in [0.4, 0.5) is 0 Å². The Kier molecular flexibility index (Phi) is 6.47. The number of hydrogen-bond acceptors (Lipinski definition) is 2. The van der Waals surface area contributed by atoms with Crippen molar-refractivity contribution in [3.8, 4) is 0 Å². The number of benzene rings is 1. The van der Waals surface area contributed by atoms with Crippen molar-refractivity contribution in [2.24, 2.45) is 5.92 Å². The smallest absolute Gasteiger partial charge is 0.244 e. The van der Waals surface area contributed by atoms with Crippen LogP contribution in [0.1, 0.15) is 31.2 Å². The lowest BCUT2D eigenvalue weighted by Crippen LogP contribution is -2.44. The molecular formula is C18H25ClN2O. The largest absolute Gasteiger partial charge is 0.349 e. The molecule has 0 saturated heterocycles. The molecule has 1 aliphatic rings. The van der Waals surface area contributed by atoms with Gasteiger partial charge in [-0.3, -0.25) is 4.79 Å². The van der Waals surface area contributed by atoms with Gasteiger partial charge in [0, 0.05) is 23.7 Å². The molecule has 0 heterocycles. The molecule has 2 rings (SSSR count).